The van der Waals surface area contributed by atoms with E-state index in [0.717, 1.165) is 36.3 Å². The van der Waals surface area contributed by atoms with Gasteiger partial charge in [-0.15, -0.1) is 5.10 Å². The van der Waals surface area contributed by atoms with Crippen molar-refractivity contribution in [3.8, 4) is 11.1 Å². The summed E-state index contributed by atoms with van der Waals surface area (Å²) in [4.78, 5) is 10.7. The van der Waals surface area contributed by atoms with E-state index in [0.29, 0.717) is 24.2 Å². The van der Waals surface area contributed by atoms with Gasteiger partial charge in [-0.25, -0.2) is 17.9 Å². The summed E-state index contributed by atoms with van der Waals surface area (Å²) in [6, 6.07) is 6.69. The first-order valence-corrected chi connectivity index (χ1v) is 13.8. The van der Waals surface area contributed by atoms with Gasteiger partial charge in [0.25, 0.3) is 0 Å². The number of nitrogens with zero attached hydrogens (tertiary/aromatic N) is 4. The Kier molecular flexibility index (Phi) is 8.96. The van der Waals surface area contributed by atoms with Gasteiger partial charge in [-0.3, -0.25) is 4.98 Å². The van der Waals surface area contributed by atoms with Crippen molar-refractivity contribution < 1.29 is 12.8 Å². The summed E-state index contributed by atoms with van der Waals surface area (Å²) in [5.41, 5.74) is 3.71. The smallest absolute Gasteiger partial charge is 0.247 e. The maximum absolute atomic E-state index is 14.6. The van der Waals surface area contributed by atoms with E-state index in [2.05, 4.69) is 44.2 Å². The van der Waals surface area contributed by atoms with Gasteiger partial charge in [0.15, 0.2) is 0 Å². The van der Waals surface area contributed by atoms with E-state index in [4.69, 9.17) is 0 Å². The third-order valence-corrected chi connectivity index (χ3v) is 7.62. The van der Waals surface area contributed by atoms with Crippen molar-refractivity contribution in [2.75, 3.05) is 30.7 Å². The average molecular weight is 503 g/mol. The van der Waals surface area contributed by atoms with E-state index in [1.165, 1.54) is 12.1 Å². The minimum atomic E-state index is -3.61. The zero-order valence-electron chi connectivity index (χ0n) is 21.1. The number of aryl methyl sites for hydroxylation is 1. The van der Waals surface area contributed by atoms with E-state index in [9.17, 15) is 12.8 Å². The first kappa shape index (κ1) is 26.7. The van der Waals surface area contributed by atoms with Crippen LogP contribution in [0.4, 0.5) is 16.0 Å². The van der Waals surface area contributed by atoms with Gasteiger partial charge in [-0.2, -0.15) is 4.98 Å². The van der Waals surface area contributed by atoms with Crippen molar-refractivity contribution in [3.05, 3.63) is 47.5 Å². The molecule has 190 valence electrons. The monoisotopic (exact) mass is 502 g/mol. The number of pyridine rings is 1. The molecule has 10 heteroatoms. The fourth-order valence-electron chi connectivity index (χ4n) is 3.96. The predicted molar refractivity (Wildman–Crippen MR) is 137 cm³/mol. The van der Waals surface area contributed by atoms with Crippen molar-refractivity contribution in [2.24, 2.45) is 0 Å². The number of hydrogen-bond acceptors (Lipinski definition) is 7. The van der Waals surface area contributed by atoms with Crippen LogP contribution in [-0.2, 0) is 16.3 Å². The SMILES string of the molecule is CCc1cc(-c2cc(F)cc(C(C)C)c2Nc2n[nH]c(S(=O)(=O)CCCN(CC)CC)n2)ccn1. The molecule has 0 radical (unpaired) electrons. The molecule has 0 aliphatic rings. The van der Waals surface area contributed by atoms with Crippen molar-refractivity contribution in [3.63, 3.8) is 0 Å². The number of sulfone groups is 1. The topological polar surface area (TPSA) is 104 Å². The van der Waals surface area contributed by atoms with Gasteiger partial charge in [-0.1, -0.05) is 34.6 Å². The van der Waals surface area contributed by atoms with Gasteiger partial charge in [0.2, 0.25) is 20.9 Å². The van der Waals surface area contributed by atoms with Crippen LogP contribution in [-0.4, -0.2) is 58.9 Å². The van der Waals surface area contributed by atoms with E-state index in [1.54, 1.807) is 6.20 Å². The van der Waals surface area contributed by atoms with Gasteiger partial charge in [0.05, 0.1) is 11.4 Å². The second kappa shape index (κ2) is 11.7. The van der Waals surface area contributed by atoms with Crippen LogP contribution in [0, 0.1) is 5.82 Å². The molecule has 0 spiro atoms. The molecule has 0 saturated carbocycles. The Bertz CT molecular complexity index is 1240. The summed E-state index contributed by atoms with van der Waals surface area (Å²) in [6.45, 7) is 12.5. The van der Waals surface area contributed by atoms with Crippen molar-refractivity contribution >= 4 is 21.5 Å². The molecule has 35 heavy (non-hydrogen) atoms. The first-order valence-electron chi connectivity index (χ1n) is 12.1. The molecule has 3 rings (SSSR count). The number of H-pyrrole nitrogens is 1. The van der Waals surface area contributed by atoms with Gasteiger partial charge < -0.3 is 10.2 Å². The van der Waals surface area contributed by atoms with Crippen LogP contribution in [0.25, 0.3) is 11.1 Å². The molecule has 0 aliphatic carbocycles. The standard InChI is InChI=1S/C25H35FN6O2S/c1-6-20-14-18(10-11-27-20)22-16-19(26)15-21(17(4)5)23(22)28-24-29-25(31-30-24)35(33,34)13-9-12-32(7-2)8-3/h10-11,14-17H,6-9,12-13H2,1-5H3,(H2,28,29,30,31). The van der Waals surface area contributed by atoms with Crippen LogP contribution in [0.15, 0.2) is 35.6 Å². The summed E-state index contributed by atoms with van der Waals surface area (Å²) in [6.07, 6.45) is 2.96. The third kappa shape index (κ3) is 6.64. The molecule has 2 N–H and O–H groups in total. The molecular formula is C25H35FN6O2S. The maximum atomic E-state index is 14.6. The molecule has 0 amide bonds. The summed E-state index contributed by atoms with van der Waals surface area (Å²) in [5.74, 6) is -0.252. The lowest BCUT2D eigenvalue weighted by Crippen LogP contribution is -2.25. The molecule has 0 atom stereocenters. The fraction of sp³-hybridized carbons (Fsp3) is 0.480. The Hall–Kier alpha value is -2.85. The molecule has 0 aliphatic heterocycles. The summed E-state index contributed by atoms with van der Waals surface area (Å²) in [5, 5.41) is 9.65. The summed E-state index contributed by atoms with van der Waals surface area (Å²) < 4.78 is 40.2. The van der Waals surface area contributed by atoms with Crippen LogP contribution in [0.2, 0.25) is 0 Å². The maximum Gasteiger partial charge on any atom is 0.247 e. The largest absolute Gasteiger partial charge is 0.322 e. The highest BCUT2D eigenvalue weighted by atomic mass is 32.2. The number of halogens is 1. The molecule has 3 aromatic rings. The molecule has 8 nitrogen and oxygen atoms in total. The lowest BCUT2D eigenvalue weighted by molar-refractivity contribution is 0.305. The lowest BCUT2D eigenvalue weighted by Gasteiger charge is -2.18. The van der Waals surface area contributed by atoms with Crippen molar-refractivity contribution in [1.82, 2.24) is 25.1 Å². The highest BCUT2D eigenvalue weighted by Gasteiger charge is 2.22. The molecular weight excluding hydrogens is 467 g/mol. The Balaban J connectivity index is 1.92. The number of aromatic nitrogens is 4. The van der Waals surface area contributed by atoms with E-state index >= 15 is 0 Å². The molecule has 0 saturated heterocycles. The predicted octanol–water partition coefficient (Wildman–Crippen LogP) is 4.94. The molecule has 2 aromatic heterocycles. The number of benzene rings is 1. The van der Waals surface area contributed by atoms with Gasteiger partial charge in [0.1, 0.15) is 5.82 Å². The van der Waals surface area contributed by atoms with E-state index in [-0.39, 0.29) is 28.6 Å². The minimum absolute atomic E-state index is 0.00153. The van der Waals surface area contributed by atoms with Crippen molar-refractivity contribution in [1.29, 1.82) is 0 Å². The Morgan fingerprint density at radius 1 is 1.14 bits per heavy atom. The van der Waals surface area contributed by atoms with Crippen LogP contribution >= 0.6 is 0 Å². The van der Waals surface area contributed by atoms with E-state index in [1.807, 2.05) is 32.9 Å². The fourth-order valence-corrected chi connectivity index (χ4v) is 5.07. The Labute approximate surface area is 207 Å². The molecule has 2 heterocycles. The number of anilines is 2. The molecule has 0 bridgehead atoms. The highest BCUT2D eigenvalue weighted by molar-refractivity contribution is 7.91. The minimum Gasteiger partial charge on any atom is -0.322 e. The van der Waals surface area contributed by atoms with Gasteiger partial charge in [-0.05, 0) is 73.8 Å². The second-order valence-corrected chi connectivity index (χ2v) is 10.8. The number of rotatable bonds is 12. The van der Waals surface area contributed by atoms with E-state index < -0.39 is 9.84 Å². The molecule has 1 aromatic carbocycles. The highest BCUT2D eigenvalue weighted by Crippen LogP contribution is 2.37. The number of hydrogen-bond donors (Lipinski definition) is 2. The second-order valence-electron chi connectivity index (χ2n) is 8.75. The van der Waals surface area contributed by atoms with Gasteiger partial charge >= 0.3 is 0 Å². The third-order valence-electron chi connectivity index (χ3n) is 6.02. The number of aromatic amines is 1. The zero-order valence-corrected chi connectivity index (χ0v) is 21.9. The number of nitrogens with one attached hydrogen (secondary N) is 2. The van der Waals surface area contributed by atoms with Gasteiger partial charge in [0, 0.05) is 17.5 Å². The Morgan fingerprint density at radius 3 is 2.54 bits per heavy atom. The molecule has 0 fully saturated rings. The van der Waals surface area contributed by atoms with Crippen LogP contribution in [0.5, 0.6) is 0 Å². The average Bonchev–Trinajstić information content (AvgIpc) is 3.32. The normalized spacial score (nSPS) is 12.0. The van der Waals surface area contributed by atoms with Crippen LogP contribution in [0.1, 0.15) is 58.2 Å². The first-order chi connectivity index (χ1) is 16.7. The van der Waals surface area contributed by atoms with Crippen LogP contribution in [0.3, 0.4) is 0 Å². The van der Waals surface area contributed by atoms with Crippen molar-refractivity contribution in [2.45, 2.75) is 58.5 Å². The Morgan fingerprint density at radius 2 is 1.89 bits per heavy atom. The quantitative estimate of drug-likeness (QED) is 0.361. The lowest BCUT2D eigenvalue weighted by atomic mass is 9.94. The van der Waals surface area contributed by atoms with Crippen LogP contribution < -0.4 is 5.32 Å². The summed E-state index contributed by atoms with van der Waals surface area (Å²) >= 11 is 0. The molecule has 0 unspecified atom stereocenters. The summed E-state index contributed by atoms with van der Waals surface area (Å²) in [7, 11) is -3.61. The zero-order chi connectivity index (χ0) is 25.6.